The average Bonchev–Trinajstić information content (AvgIpc) is 3.15. The molecule has 1 atom stereocenters. The summed E-state index contributed by atoms with van der Waals surface area (Å²) >= 11 is 3.37. The number of benzene rings is 1. The molecule has 0 saturated heterocycles. The molecule has 1 fully saturated rings. The highest BCUT2D eigenvalue weighted by Crippen LogP contribution is 2.42. The van der Waals surface area contributed by atoms with Crippen molar-refractivity contribution in [3.05, 3.63) is 58.4 Å². The van der Waals surface area contributed by atoms with Crippen molar-refractivity contribution in [1.82, 2.24) is 25.0 Å². The molecule has 30 heavy (non-hydrogen) atoms. The van der Waals surface area contributed by atoms with Gasteiger partial charge in [0.25, 0.3) is 0 Å². The van der Waals surface area contributed by atoms with Crippen LogP contribution in [-0.4, -0.2) is 32.1 Å². The van der Waals surface area contributed by atoms with Gasteiger partial charge in [-0.25, -0.2) is 0 Å². The zero-order valence-corrected chi connectivity index (χ0v) is 18.3. The Balaban J connectivity index is 1.33. The van der Waals surface area contributed by atoms with Crippen molar-refractivity contribution >= 4 is 23.1 Å². The van der Waals surface area contributed by atoms with Crippen molar-refractivity contribution in [3.63, 3.8) is 0 Å². The summed E-state index contributed by atoms with van der Waals surface area (Å²) in [7, 11) is 1.64. The fourth-order valence-electron chi connectivity index (χ4n) is 3.23. The van der Waals surface area contributed by atoms with Gasteiger partial charge in [0.05, 0.1) is 12.4 Å². The van der Waals surface area contributed by atoms with Crippen molar-refractivity contribution in [2.24, 2.45) is 0 Å². The first kappa shape index (κ1) is 19.3. The van der Waals surface area contributed by atoms with Gasteiger partial charge in [0.1, 0.15) is 11.6 Å². The lowest BCUT2D eigenvalue weighted by Crippen LogP contribution is -2.04. The Kier molecular flexibility index (Phi) is 5.30. The van der Waals surface area contributed by atoms with Crippen LogP contribution in [0.1, 0.15) is 47.6 Å². The third-order valence-electron chi connectivity index (χ3n) is 4.97. The van der Waals surface area contributed by atoms with Gasteiger partial charge in [-0.3, -0.25) is 0 Å². The molecule has 3 heterocycles. The zero-order chi connectivity index (χ0) is 20.5. The standard InChI is InChI=1S/C21H21N5O2S2/c1-13(19-23-24-20(28-19)14-5-9-16(27-2)10-6-14)30-21-25-22-18(26(21)15-7-8-15)12-17-4-3-11-29-17/h3-6,9-11,13,15H,7-8,12H2,1-2H3/t13-/m0/s1. The second kappa shape index (κ2) is 8.23. The summed E-state index contributed by atoms with van der Waals surface area (Å²) in [5.74, 6) is 2.90. The van der Waals surface area contributed by atoms with E-state index >= 15 is 0 Å². The van der Waals surface area contributed by atoms with Crippen LogP contribution < -0.4 is 4.74 Å². The summed E-state index contributed by atoms with van der Waals surface area (Å²) in [5.41, 5.74) is 0.867. The number of methoxy groups -OCH3 is 1. The lowest BCUT2D eigenvalue weighted by molar-refractivity contribution is 0.415. The number of thiophene rings is 1. The third-order valence-corrected chi connectivity index (χ3v) is 6.89. The van der Waals surface area contributed by atoms with E-state index in [9.17, 15) is 0 Å². The Morgan fingerprint density at radius 1 is 1.17 bits per heavy atom. The molecule has 0 radical (unpaired) electrons. The minimum absolute atomic E-state index is 0.0270. The van der Waals surface area contributed by atoms with Crippen LogP contribution in [0.25, 0.3) is 11.5 Å². The van der Waals surface area contributed by atoms with Gasteiger partial charge < -0.3 is 13.7 Å². The highest BCUT2D eigenvalue weighted by Gasteiger charge is 2.31. The van der Waals surface area contributed by atoms with Crippen LogP contribution in [0.4, 0.5) is 0 Å². The topological polar surface area (TPSA) is 78.9 Å². The molecule has 9 heteroatoms. The zero-order valence-electron chi connectivity index (χ0n) is 16.7. The molecule has 7 nitrogen and oxygen atoms in total. The molecular weight excluding hydrogens is 418 g/mol. The van der Waals surface area contributed by atoms with Crippen LogP contribution in [0, 0.1) is 0 Å². The molecule has 1 aromatic carbocycles. The molecule has 0 N–H and O–H groups in total. The second-order valence-corrected chi connectivity index (χ2v) is 9.53. The summed E-state index contributed by atoms with van der Waals surface area (Å²) in [6.07, 6.45) is 3.18. The first-order valence-corrected chi connectivity index (χ1v) is 11.6. The van der Waals surface area contributed by atoms with E-state index in [-0.39, 0.29) is 5.25 Å². The van der Waals surface area contributed by atoms with Gasteiger partial charge in [0.2, 0.25) is 11.8 Å². The first-order chi connectivity index (χ1) is 14.7. The minimum Gasteiger partial charge on any atom is -0.497 e. The molecule has 1 aliphatic carbocycles. The molecule has 0 unspecified atom stereocenters. The number of rotatable bonds is 8. The highest BCUT2D eigenvalue weighted by atomic mass is 32.2. The van der Waals surface area contributed by atoms with E-state index < -0.39 is 0 Å². The van der Waals surface area contributed by atoms with Gasteiger partial charge >= 0.3 is 0 Å². The van der Waals surface area contributed by atoms with Crippen LogP contribution in [0.3, 0.4) is 0 Å². The fourth-order valence-corrected chi connectivity index (χ4v) is 4.90. The van der Waals surface area contributed by atoms with Crippen molar-refractivity contribution in [2.45, 2.75) is 42.6 Å². The van der Waals surface area contributed by atoms with E-state index in [4.69, 9.17) is 9.15 Å². The molecular formula is C21H21N5O2S2. The maximum Gasteiger partial charge on any atom is 0.247 e. The monoisotopic (exact) mass is 439 g/mol. The number of hydrogen-bond acceptors (Lipinski definition) is 8. The lowest BCUT2D eigenvalue weighted by atomic mass is 10.2. The Bertz CT molecular complexity index is 1120. The van der Waals surface area contributed by atoms with Crippen LogP contribution in [-0.2, 0) is 6.42 Å². The summed E-state index contributed by atoms with van der Waals surface area (Å²) < 4.78 is 13.4. The summed E-state index contributed by atoms with van der Waals surface area (Å²) in [4.78, 5) is 1.30. The van der Waals surface area contributed by atoms with E-state index in [0.29, 0.717) is 17.8 Å². The number of thioether (sulfide) groups is 1. The molecule has 5 rings (SSSR count). The predicted molar refractivity (Wildman–Crippen MR) is 116 cm³/mol. The highest BCUT2D eigenvalue weighted by molar-refractivity contribution is 7.99. The molecule has 4 aromatic rings. The molecule has 3 aromatic heterocycles. The van der Waals surface area contributed by atoms with Crippen LogP contribution >= 0.6 is 23.1 Å². The number of nitrogens with zero attached hydrogens (tertiary/aromatic N) is 5. The van der Waals surface area contributed by atoms with Crippen LogP contribution in [0.5, 0.6) is 5.75 Å². The summed E-state index contributed by atoms with van der Waals surface area (Å²) in [5, 5.41) is 20.4. The van der Waals surface area contributed by atoms with Gasteiger partial charge in [-0.05, 0) is 55.5 Å². The molecule has 0 aliphatic heterocycles. The number of ether oxygens (including phenoxy) is 1. The molecule has 0 spiro atoms. The normalized spacial score (nSPS) is 14.7. The quantitative estimate of drug-likeness (QED) is 0.350. The molecule has 0 amide bonds. The average molecular weight is 440 g/mol. The number of aromatic nitrogens is 5. The first-order valence-electron chi connectivity index (χ1n) is 9.82. The molecule has 154 valence electrons. The van der Waals surface area contributed by atoms with Crippen LogP contribution in [0.2, 0.25) is 0 Å². The molecule has 1 saturated carbocycles. The summed E-state index contributed by atoms with van der Waals surface area (Å²) in [6, 6.07) is 12.3. The van der Waals surface area contributed by atoms with E-state index in [1.807, 2.05) is 24.3 Å². The lowest BCUT2D eigenvalue weighted by Gasteiger charge is -2.10. The van der Waals surface area contributed by atoms with Gasteiger partial charge in [-0.2, -0.15) is 0 Å². The van der Waals surface area contributed by atoms with Crippen molar-refractivity contribution in [1.29, 1.82) is 0 Å². The molecule has 1 aliphatic rings. The van der Waals surface area contributed by atoms with Gasteiger partial charge in [0, 0.05) is 22.9 Å². The number of hydrogen-bond donors (Lipinski definition) is 0. The van der Waals surface area contributed by atoms with Crippen molar-refractivity contribution in [3.8, 4) is 17.2 Å². The third kappa shape index (κ3) is 3.99. The second-order valence-electron chi connectivity index (χ2n) is 7.19. The van der Waals surface area contributed by atoms with Crippen molar-refractivity contribution < 1.29 is 9.15 Å². The van der Waals surface area contributed by atoms with Crippen LogP contribution in [0.15, 0.2) is 51.4 Å². The smallest absolute Gasteiger partial charge is 0.247 e. The SMILES string of the molecule is COc1ccc(-c2nnc([C@H](C)Sc3nnc(Cc4cccs4)n3C3CC3)o2)cc1. The maximum atomic E-state index is 5.95. The minimum atomic E-state index is -0.0270. The van der Waals surface area contributed by atoms with E-state index in [0.717, 1.165) is 28.7 Å². The molecule has 0 bridgehead atoms. The van der Waals surface area contributed by atoms with Gasteiger partial charge in [-0.1, -0.05) is 17.8 Å². The largest absolute Gasteiger partial charge is 0.497 e. The Morgan fingerprint density at radius 3 is 2.70 bits per heavy atom. The maximum absolute atomic E-state index is 5.95. The van der Waals surface area contributed by atoms with Crippen molar-refractivity contribution in [2.75, 3.05) is 7.11 Å². The van der Waals surface area contributed by atoms with E-state index in [1.165, 1.54) is 17.7 Å². The fraction of sp³-hybridized carbons (Fsp3) is 0.333. The Labute approximate surface area is 182 Å². The predicted octanol–water partition coefficient (Wildman–Crippen LogP) is 5.18. The Hall–Kier alpha value is -2.65. The van der Waals surface area contributed by atoms with E-state index in [2.05, 4.69) is 49.4 Å². The van der Waals surface area contributed by atoms with Gasteiger partial charge in [0.15, 0.2) is 5.16 Å². The Morgan fingerprint density at radius 2 is 2.00 bits per heavy atom. The van der Waals surface area contributed by atoms with E-state index in [1.54, 1.807) is 30.2 Å². The summed E-state index contributed by atoms with van der Waals surface area (Å²) in [6.45, 7) is 2.06. The van der Waals surface area contributed by atoms with Gasteiger partial charge in [-0.15, -0.1) is 31.7 Å².